The Morgan fingerprint density at radius 2 is 1.58 bits per heavy atom. The Balaban J connectivity index is 2.34. The lowest BCUT2D eigenvalue weighted by molar-refractivity contribution is 0.587. The Morgan fingerprint density at radius 3 is 2.12 bits per heavy atom. The fourth-order valence-corrected chi connectivity index (χ4v) is 4.53. The van der Waals surface area contributed by atoms with E-state index in [9.17, 15) is 16.8 Å². The average molecular weight is 397 g/mol. The van der Waals surface area contributed by atoms with Crippen LogP contribution in [0.2, 0.25) is 0 Å². The molecule has 1 atom stereocenters. The maximum Gasteiger partial charge on any atom is 0.261 e. The van der Waals surface area contributed by atoms with Gasteiger partial charge in [0.25, 0.3) is 10.0 Å². The van der Waals surface area contributed by atoms with Gasteiger partial charge >= 0.3 is 0 Å². The molecule has 0 saturated carbocycles. The second-order valence-electron chi connectivity index (χ2n) is 6.17. The van der Waals surface area contributed by atoms with E-state index >= 15 is 0 Å². The quantitative estimate of drug-likeness (QED) is 0.752. The van der Waals surface area contributed by atoms with Gasteiger partial charge in [0.2, 0.25) is 10.0 Å². The van der Waals surface area contributed by atoms with Crippen LogP contribution in [-0.4, -0.2) is 23.9 Å². The third kappa shape index (κ3) is 4.44. The highest BCUT2D eigenvalue weighted by atomic mass is 32.2. The molecule has 26 heavy (non-hydrogen) atoms. The van der Waals surface area contributed by atoms with E-state index in [1.165, 1.54) is 19.2 Å². The molecule has 2 aromatic carbocycles. The van der Waals surface area contributed by atoms with E-state index in [0.717, 1.165) is 12.0 Å². The summed E-state index contributed by atoms with van der Waals surface area (Å²) in [6, 6.07) is 11.1. The molecular formula is C18H24N2O4S2. The second-order valence-corrected chi connectivity index (χ2v) is 9.71. The summed E-state index contributed by atoms with van der Waals surface area (Å²) >= 11 is 0. The fourth-order valence-electron chi connectivity index (χ4n) is 2.49. The van der Waals surface area contributed by atoms with Crippen molar-refractivity contribution >= 4 is 25.7 Å². The first kappa shape index (κ1) is 20.4. The predicted molar refractivity (Wildman–Crippen MR) is 103 cm³/mol. The van der Waals surface area contributed by atoms with Crippen molar-refractivity contribution < 1.29 is 16.8 Å². The van der Waals surface area contributed by atoms with Crippen molar-refractivity contribution in [3.05, 3.63) is 53.6 Å². The minimum absolute atomic E-state index is 0.0346. The van der Waals surface area contributed by atoms with Crippen molar-refractivity contribution in [2.24, 2.45) is 0 Å². The van der Waals surface area contributed by atoms with Gasteiger partial charge in [-0.3, -0.25) is 4.72 Å². The van der Waals surface area contributed by atoms with Crippen molar-refractivity contribution in [2.45, 2.75) is 42.9 Å². The monoisotopic (exact) mass is 396 g/mol. The fraction of sp³-hybridized carbons (Fsp3) is 0.333. The number of hydrogen-bond donors (Lipinski definition) is 2. The number of benzene rings is 2. The highest BCUT2D eigenvalue weighted by molar-refractivity contribution is 7.92. The molecule has 1 unspecified atom stereocenters. The molecule has 0 saturated heterocycles. The molecule has 0 fully saturated rings. The summed E-state index contributed by atoms with van der Waals surface area (Å²) in [5.41, 5.74) is 1.79. The molecule has 8 heteroatoms. The smallest absolute Gasteiger partial charge is 0.261 e. The molecule has 0 aliphatic carbocycles. The molecule has 2 aromatic rings. The summed E-state index contributed by atoms with van der Waals surface area (Å²) in [6.07, 6.45) is 0.969. The van der Waals surface area contributed by atoms with Gasteiger partial charge in [-0.15, -0.1) is 0 Å². The maximum atomic E-state index is 12.6. The van der Waals surface area contributed by atoms with E-state index in [1.807, 2.05) is 0 Å². The number of hydrogen-bond acceptors (Lipinski definition) is 4. The van der Waals surface area contributed by atoms with E-state index in [1.54, 1.807) is 37.3 Å². The first-order valence-electron chi connectivity index (χ1n) is 8.27. The van der Waals surface area contributed by atoms with Crippen molar-refractivity contribution in [2.75, 3.05) is 11.8 Å². The zero-order valence-electron chi connectivity index (χ0n) is 15.3. The van der Waals surface area contributed by atoms with Gasteiger partial charge in [-0.25, -0.2) is 21.6 Å². The normalized spacial score (nSPS) is 13.4. The van der Waals surface area contributed by atoms with Gasteiger partial charge in [-0.05, 0) is 61.7 Å². The van der Waals surface area contributed by atoms with Crippen molar-refractivity contribution in [1.29, 1.82) is 0 Å². The summed E-state index contributed by atoms with van der Waals surface area (Å²) in [6.45, 7) is 5.80. The topological polar surface area (TPSA) is 92.3 Å². The molecule has 0 bridgehead atoms. The lowest BCUT2D eigenvalue weighted by Gasteiger charge is -2.13. The van der Waals surface area contributed by atoms with Crippen LogP contribution >= 0.6 is 0 Å². The Morgan fingerprint density at radius 1 is 0.962 bits per heavy atom. The van der Waals surface area contributed by atoms with Gasteiger partial charge in [0.05, 0.1) is 15.5 Å². The van der Waals surface area contributed by atoms with E-state index < -0.39 is 20.0 Å². The molecule has 0 amide bonds. The largest absolute Gasteiger partial charge is 0.280 e. The highest BCUT2D eigenvalue weighted by Gasteiger charge is 2.19. The van der Waals surface area contributed by atoms with Gasteiger partial charge in [0.1, 0.15) is 0 Å². The van der Waals surface area contributed by atoms with Gasteiger partial charge in [-0.2, -0.15) is 0 Å². The van der Waals surface area contributed by atoms with Crippen LogP contribution in [0.5, 0.6) is 0 Å². The summed E-state index contributed by atoms with van der Waals surface area (Å²) in [5, 5.41) is 0. The first-order chi connectivity index (χ1) is 12.1. The number of sulfonamides is 2. The van der Waals surface area contributed by atoms with Gasteiger partial charge in [0, 0.05) is 0 Å². The van der Waals surface area contributed by atoms with Gasteiger partial charge in [0.15, 0.2) is 0 Å². The van der Waals surface area contributed by atoms with Crippen LogP contribution in [-0.2, 0) is 20.0 Å². The van der Waals surface area contributed by atoms with E-state index in [4.69, 9.17) is 0 Å². The lowest BCUT2D eigenvalue weighted by atomic mass is 9.99. The van der Waals surface area contributed by atoms with Crippen molar-refractivity contribution in [3.63, 3.8) is 0 Å². The number of rotatable bonds is 7. The van der Waals surface area contributed by atoms with Crippen LogP contribution in [0, 0.1) is 6.92 Å². The van der Waals surface area contributed by atoms with Crippen molar-refractivity contribution in [3.8, 4) is 0 Å². The SMILES string of the molecule is CCC(C)c1ccc(S(=O)(=O)Nc2ccc(C)c(S(=O)(=O)NC)c2)cc1. The van der Waals surface area contributed by atoms with E-state index in [2.05, 4.69) is 23.3 Å². The molecule has 0 aromatic heterocycles. The van der Waals surface area contributed by atoms with Gasteiger partial charge in [-0.1, -0.05) is 32.0 Å². The highest BCUT2D eigenvalue weighted by Crippen LogP contribution is 2.24. The Kier molecular flexibility index (Phi) is 6.10. The number of nitrogens with one attached hydrogen (secondary N) is 2. The third-order valence-electron chi connectivity index (χ3n) is 4.37. The number of anilines is 1. The molecule has 6 nitrogen and oxygen atoms in total. The maximum absolute atomic E-state index is 12.6. The Bertz CT molecular complexity index is 982. The van der Waals surface area contributed by atoms with Gasteiger partial charge < -0.3 is 0 Å². The minimum atomic E-state index is -3.81. The summed E-state index contributed by atoms with van der Waals surface area (Å²) in [7, 11) is -6.17. The van der Waals surface area contributed by atoms with Crippen molar-refractivity contribution in [1.82, 2.24) is 4.72 Å². The van der Waals surface area contributed by atoms with Crippen LogP contribution in [0.4, 0.5) is 5.69 Å². The zero-order valence-corrected chi connectivity index (χ0v) is 16.9. The van der Waals surface area contributed by atoms with Crippen LogP contribution in [0.3, 0.4) is 0 Å². The average Bonchev–Trinajstić information content (AvgIpc) is 2.62. The first-order valence-corrected chi connectivity index (χ1v) is 11.2. The molecule has 0 aliphatic rings. The summed E-state index contributed by atoms with van der Waals surface area (Å²) in [4.78, 5) is 0.162. The van der Waals surface area contributed by atoms with Crippen LogP contribution in [0.15, 0.2) is 52.3 Å². The Hall–Kier alpha value is -1.90. The Labute approximate surface area is 155 Å². The third-order valence-corrected chi connectivity index (χ3v) is 7.32. The molecule has 0 radical (unpaired) electrons. The predicted octanol–water partition coefficient (Wildman–Crippen LogP) is 3.22. The molecule has 2 N–H and O–H groups in total. The summed E-state index contributed by atoms with van der Waals surface area (Å²) < 4.78 is 54.0. The molecule has 0 heterocycles. The second kappa shape index (κ2) is 7.77. The van der Waals surface area contributed by atoms with Crippen LogP contribution < -0.4 is 9.44 Å². The zero-order chi connectivity index (χ0) is 19.5. The molecule has 142 valence electrons. The molecule has 0 aliphatic heterocycles. The lowest BCUT2D eigenvalue weighted by Crippen LogP contribution is -2.20. The number of aryl methyl sites for hydroxylation is 1. The molecule has 0 spiro atoms. The van der Waals surface area contributed by atoms with E-state index in [-0.39, 0.29) is 15.5 Å². The summed E-state index contributed by atoms with van der Waals surface area (Å²) in [5.74, 6) is 0.353. The van der Waals surface area contributed by atoms with Crippen LogP contribution in [0.1, 0.15) is 37.3 Å². The van der Waals surface area contributed by atoms with E-state index in [0.29, 0.717) is 11.5 Å². The van der Waals surface area contributed by atoms with Crippen LogP contribution in [0.25, 0.3) is 0 Å². The molecule has 2 rings (SSSR count). The molecular weight excluding hydrogens is 372 g/mol. The minimum Gasteiger partial charge on any atom is -0.280 e. The standard InChI is InChI=1S/C18H24N2O4S2/c1-5-13(2)15-7-10-17(11-8-15)25(21,22)20-16-9-6-14(3)18(12-16)26(23,24)19-4/h6-13,19-20H,5H2,1-4H3.